The van der Waals surface area contributed by atoms with Gasteiger partial charge in [0, 0.05) is 23.1 Å². The Kier molecular flexibility index (Phi) is 4.32. The van der Waals surface area contributed by atoms with Crippen molar-refractivity contribution in [2.45, 2.75) is 18.7 Å². The van der Waals surface area contributed by atoms with Gasteiger partial charge in [-0.25, -0.2) is 5.01 Å². The standard InChI is InChI=1S/C22H20N2O4S/c1-26-14-6-7-19(25)16(10-14)17-11-18-15-4-3-5-20(27-2)21(15)28-22(24(18)23-17)13-8-9-29-12-13/h3-10,12,18,22,25H,11H2,1-2H3/t18-,22+/m0/s1. The van der Waals surface area contributed by atoms with Gasteiger partial charge >= 0.3 is 0 Å². The molecule has 0 spiro atoms. The summed E-state index contributed by atoms with van der Waals surface area (Å²) in [4.78, 5) is 0. The van der Waals surface area contributed by atoms with Gasteiger partial charge in [-0.05, 0) is 41.1 Å². The molecule has 2 aromatic carbocycles. The second-order valence-corrected chi connectivity index (χ2v) is 7.72. The van der Waals surface area contributed by atoms with Crippen LogP contribution >= 0.6 is 11.3 Å². The summed E-state index contributed by atoms with van der Waals surface area (Å²) in [6.07, 6.45) is 0.283. The van der Waals surface area contributed by atoms with Gasteiger partial charge in [0.25, 0.3) is 0 Å². The molecule has 148 valence electrons. The smallest absolute Gasteiger partial charge is 0.214 e. The Hall–Kier alpha value is -3.19. The summed E-state index contributed by atoms with van der Waals surface area (Å²) < 4.78 is 17.3. The van der Waals surface area contributed by atoms with Gasteiger partial charge in [-0.2, -0.15) is 16.4 Å². The molecule has 3 heterocycles. The SMILES string of the molecule is COc1ccc(O)c(C2=NN3[C@@H](c4ccsc4)Oc4c(OC)cccc4[C@@H]3C2)c1. The normalized spacial score (nSPS) is 19.8. The number of nitrogens with zero attached hydrogens (tertiary/aromatic N) is 2. The number of hydrogen-bond acceptors (Lipinski definition) is 7. The van der Waals surface area contributed by atoms with Gasteiger partial charge < -0.3 is 19.3 Å². The average molecular weight is 408 g/mol. The third kappa shape index (κ3) is 2.89. The summed E-state index contributed by atoms with van der Waals surface area (Å²) in [7, 11) is 3.26. The third-order valence-electron chi connectivity index (χ3n) is 5.34. The minimum Gasteiger partial charge on any atom is -0.507 e. The van der Waals surface area contributed by atoms with E-state index in [4.69, 9.17) is 19.3 Å². The predicted octanol–water partition coefficient (Wildman–Crippen LogP) is 4.71. The van der Waals surface area contributed by atoms with Crippen LogP contribution in [0.15, 0.2) is 58.3 Å². The highest BCUT2D eigenvalue weighted by atomic mass is 32.1. The molecule has 0 unspecified atom stereocenters. The Balaban J connectivity index is 1.62. The van der Waals surface area contributed by atoms with Crippen molar-refractivity contribution in [3.05, 3.63) is 69.9 Å². The number of benzene rings is 2. The summed E-state index contributed by atoms with van der Waals surface area (Å²) in [5.74, 6) is 2.32. The fraction of sp³-hybridized carbons (Fsp3) is 0.227. The number of rotatable bonds is 4. The zero-order valence-electron chi connectivity index (χ0n) is 16.0. The van der Waals surface area contributed by atoms with Gasteiger partial charge in [0.15, 0.2) is 11.5 Å². The fourth-order valence-electron chi connectivity index (χ4n) is 3.92. The second-order valence-electron chi connectivity index (χ2n) is 6.94. The lowest BCUT2D eigenvalue weighted by Crippen LogP contribution is -2.33. The highest BCUT2D eigenvalue weighted by molar-refractivity contribution is 7.07. The molecule has 0 amide bonds. The molecule has 1 aromatic heterocycles. The Morgan fingerprint density at radius 3 is 2.83 bits per heavy atom. The number of hydrogen-bond donors (Lipinski definition) is 1. The van der Waals surface area contributed by atoms with Crippen molar-refractivity contribution in [1.82, 2.24) is 5.01 Å². The molecule has 6 nitrogen and oxygen atoms in total. The van der Waals surface area contributed by atoms with Crippen LogP contribution in [0.25, 0.3) is 0 Å². The molecule has 0 saturated carbocycles. The number of fused-ring (bicyclic) bond motifs is 3. The van der Waals surface area contributed by atoms with E-state index in [9.17, 15) is 5.11 Å². The lowest BCUT2D eigenvalue weighted by atomic mass is 9.95. The fourth-order valence-corrected chi connectivity index (χ4v) is 4.58. The topological polar surface area (TPSA) is 63.5 Å². The van der Waals surface area contributed by atoms with Gasteiger partial charge in [-0.15, -0.1) is 0 Å². The highest BCUT2D eigenvalue weighted by Gasteiger charge is 2.42. The zero-order chi connectivity index (χ0) is 20.0. The maximum Gasteiger partial charge on any atom is 0.214 e. The highest BCUT2D eigenvalue weighted by Crippen LogP contribution is 2.51. The number of aromatic hydroxyl groups is 1. The van der Waals surface area contributed by atoms with Gasteiger partial charge in [0.05, 0.1) is 26.0 Å². The minimum absolute atomic E-state index is 0.0145. The van der Waals surface area contributed by atoms with Crippen molar-refractivity contribution < 1.29 is 19.3 Å². The molecule has 7 heteroatoms. The van der Waals surface area contributed by atoms with Crippen LogP contribution in [0.1, 0.15) is 35.4 Å². The number of thiophene rings is 1. The molecule has 0 aliphatic carbocycles. The molecule has 2 aliphatic heterocycles. The molecule has 2 aliphatic rings. The molecule has 3 aromatic rings. The third-order valence-corrected chi connectivity index (χ3v) is 6.04. The molecule has 0 saturated heterocycles. The van der Waals surface area contributed by atoms with Gasteiger partial charge in [0.1, 0.15) is 11.5 Å². The van der Waals surface area contributed by atoms with Crippen molar-refractivity contribution >= 4 is 17.0 Å². The van der Waals surface area contributed by atoms with Gasteiger partial charge in [-0.3, -0.25) is 0 Å². The number of para-hydroxylation sites is 1. The Morgan fingerprint density at radius 1 is 1.17 bits per heavy atom. The van der Waals surface area contributed by atoms with Crippen LogP contribution in [-0.2, 0) is 0 Å². The van der Waals surface area contributed by atoms with E-state index in [2.05, 4.69) is 5.38 Å². The molecule has 0 fully saturated rings. The van der Waals surface area contributed by atoms with E-state index in [-0.39, 0.29) is 18.0 Å². The Morgan fingerprint density at radius 2 is 2.07 bits per heavy atom. The molecular weight excluding hydrogens is 388 g/mol. The molecule has 1 N–H and O–H groups in total. The van der Waals surface area contributed by atoms with E-state index in [1.54, 1.807) is 37.7 Å². The molecule has 5 rings (SSSR count). The van der Waals surface area contributed by atoms with E-state index in [0.29, 0.717) is 23.5 Å². The van der Waals surface area contributed by atoms with E-state index in [1.165, 1.54) is 0 Å². The van der Waals surface area contributed by atoms with Crippen molar-refractivity contribution in [3.8, 4) is 23.0 Å². The summed E-state index contributed by atoms with van der Waals surface area (Å²) in [5.41, 5.74) is 3.53. The van der Waals surface area contributed by atoms with Crippen molar-refractivity contribution in [3.63, 3.8) is 0 Å². The monoisotopic (exact) mass is 408 g/mol. The van der Waals surface area contributed by atoms with Crippen molar-refractivity contribution in [2.75, 3.05) is 14.2 Å². The molecule has 2 atom stereocenters. The summed E-state index contributed by atoms with van der Waals surface area (Å²) in [6, 6.07) is 13.1. The van der Waals surface area contributed by atoms with Crippen LogP contribution in [0.2, 0.25) is 0 Å². The van der Waals surface area contributed by atoms with Crippen molar-refractivity contribution in [1.29, 1.82) is 0 Å². The molecule has 0 bridgehead atoms. The maximum absolute atomic E-state index is 10.4. The summed E-state index contributed by atoms with van der Waals surface area (Å²) in [6.45, 7) is 0. The van der Waals surface area contributed by atoms with Crippen LogP contribution in [-0.4, -0.2) is 30.0 Å². The first-order valence-corrected chi connectivity index (χ1v) is 10.2. The van der Waals surface area contributed by atoms with Crippen LogP contribution < -0.4 is 14.2 Å². The summed E-state index contributed by atoms with van der Waals surface area (Å²) in [5, 5.41) is 21.4. The number of methoxy groups -OCH3 is 2. The van der Waals surface area contributed by atoms with Crippen LogP contribution in [0.5, 0.6) is 23.0 Å². The van der Waals surface area contributed by atoms with E-state index < -0.39 is 0 Å². The van der Waals surface area contributed by atoms with Gasteiger partial charge in [-0.1, -0.05) is 12.1 Å². The second kappa shape index (κ2) is 7.00. The number of phenols is 1. The Bertz CT molecular complexity index is 1080. The minimum atomic E-state index is -0.361. The first kappa shape index (κ1) is 17.9. The summed E-state index contributed by atoms with van der Waals surface area (Å²) >= 11 is 1.62. The van der Waals surface area contributed by atoms with E-state index in [0.717, 1.165) is 22.6 Å². The lowest BCUT2D eigenvalue weighted by molar-refractivity contribution is -0.0206. The number of phenolic OH excluding ortho intramolecular Hbond substituents is 1. The first-order valence-electron chi connectivity index (χ1n) is 9.28. The van der Waals surface area contributed by atoms with Crippen LogP contribution in [0.3, 0.4) is 0 Å². The molecule has 29 heavy (non-hydrogen) atoms. The quantitative estimate of drug-likeness (QED) is 0.677. The largest absolute Gasteiger partial charge is 0.507 e. The number of ether oxygens (including phenoxy) is 3. The zero-order valence-corrected chi connectivity index (χ0v) is 16.8. The lowest BCUT2D eigenvalue weighted by Gasteiger charge is -2.38. The van der Waals surface area contributed by atoms with Crippen molar-refractivity contribution in [2.24, 2.45) is 5.10 Å². The van der Waals surface area contributed by atoms with E-state index in [1.807, 2.05) is 40.7 Å². The first-order chi connectivity index (χ1) is 14.2. The van der Waals surface area contributed by atoms with Crippen LogP contribution in [0, 0.1) is 0 Å². The molecular formula is C22H20N2O4S. The van der Waals surface area contributed by atoms with Crippen LogP contribution in [0.4, 0.5) is 0 Å². The maximum atomic E-state index is 10.4. The van der Waals surface area contributed by atoms with Gasteiger partial charge in [0.2, 0.25) is 6.23 Å². The molecule has 0 radical (unpaired) electrons. The predicted molar refractivity (Wildman–Crippen MR) is 111 cm³/mol. The Labute approximate surface area is 172 Å². The number of hydrazone groups is 1. The van der Waals surface area contributed by atoms with E-state index >= 15 is 0 Å². The average Bonchev–Trinajstić information content (AvgIpc) is 3.43.